The van der Waals surface area contributed by atoms with Crippen LogP contribution in [0.15, 0.2) is 60.2 Å². The van der Waals surface area contributed by atoms with Crippen molar-refractivity contribution in [3.05, 3.63) is 65.7 Å². The lowest BCUT2D eigenvalue weighted by molar-refractivity contribution is -0.253. The molecule has 0 aliphatic heterocycles. The van der Waals surface area contributed by atoms with Crippen LogP contribution in [-0.2, 0) is 0 Å². The first-order chi connectivity index (χ1) is 11.4. The fourth-order valence-corrected chi connectivity index (χ4v) is 1.85. The van der Waals surface area contributed by atoms with Gasteiger partial charge in [0.05, 0.1) is 0 Å². The van der Waals surface area contributed by atoms with Gasteiger partial charge in [0.1, 0.15) is 5.75 Å². The SMILES string of the molecule is C=C(Oc1ccc(C(C(F)(F)F)C(F)(F)F)cc1)/C(F)=C\C(C)=C/C. The predicted octanol–water partition coefficient (Wildman–Crippen LogP) is 6.61. The molecule has 0 bridgehead atoms. The summed E-state index contributed by atoms with van der Waals surface area (Å²) >= 11 is 0. The lowest BCUT2D eigenvalue weighted by atomic mass is 9.98. The van der Waals surface area contributed by atoms with Crippen molar-refractivity contribution in [2.75, 3.05) is 0 Å². The molecule has 0 aromatic heterocycles. The number of allylic oxidation sites excluding steroid dienone is 4. The molecule has 0 spiro atoms. The first kappa shape index (κ1) is 20.8. The van der Waals surface area contributed by atoms with Crippen molar-refractivity contribution in [1.29, 1.82) is 0 Å². The first-order valence-electron chi connectivity index (χ1n) is 6.97. The van der Waals surface area contributed by atoms with Crippen molar-refractivity contribution in [2.24, 2.45) is 0 Å². The zero-order valence-electron chi connectivity index (χ0n) is 13.3. The molecule has 0 fully saturated rings. The van der Waals surface area contributed by atoms with Crippen LogP contribution in [0, 0.1) is 0 Å². The van der Waals surface area contributed by atoms with E-state index >= 15 is 0 Å². The third-order valence-corrected chi connectivity index (χ3v) is 3.19. The summed E-state index contributed by atoms with van der Waals surface area (Å²) < 4.78 is 94.6. The predicted molar refractivity (Wildman–Crippen MR) is 79.7 cm³/mol. The van der Waals surface area contributed by atoms with Gasteiger partial charge in [0.25, 0.3) is 0 Å². The van der Waals surface area contributed by atoms with E-state index in [0.717, 1.165) is 18.2 Å². The van der Waals surface area contributed by atoms with Crippen molar-refractivity contribution in [3.8, 4) is 5.75 Å². The second-order valence-electron chi connectivity index (χ2n) is 5.14. The first-order valence-corrected chi connectivity index (χ1v) is 6.97. The van der Waals surface area contributed by atoms with E-state index in [-0.39, 0.29) is 5.75 Å². The van der Waals surface area contributed by atoms with E-state index in [1.54, 1.807) is 19.9 Å². The van der Waals surface area contributed by atoms with Gasteiger partial charge in [-0.05, 0) is 37.6 Å². The minimum atomic E-state index is -5.48. The van der Waals surface area contributed by atoms with Gasteiger partial charge in [-0.25, -0.2) is 4.39 Å². The zero-order valence-corrected chi connectivity index (χ0v) is 13.3. The van der Waals surface area contributed by atoms with E-state index < -0.39 is 35.4 Å². The normalized spacial score (nSPS) is 14.0. The molecule has 0 saturated carbocycles. The maximum Gasteiger partial charge on any atom is 0.404 e. The van der Waals surface area contributed by atoms with Gasteiger partial charge in [0.2, 0.25) is 0 Å². The Labute approximate surface area is 140 Å². The molecule has 25 heavy (non-hydrogen) atoms. The van der Waals surface area contributed by atoms with Crippen LogP contribution in [-0.4, -0.2) is 12.4 Å². The Morgan fingerprint density at radius 3 is 1.92 bits per heavy atom. The molecular weight excluding hydrogens is 353 g/mol. The van der Waals surface area contributed by atoms with Crippen molar-refractivity contribution in [2.45, 2.75) is 32.1 Å². The Balaban J connectivity index is 3.00. The molecule has 138 valence electrons. The van der Waals surface area contributed by atoms with E-state index in [9.17, 15) is 30.7 Å². The van der Waals surface area contributed by atoms with E-state index in [1.807, 2.05) is 0 Å². The summed E-state index contributed by atoms with van der Waals surface area (Å²) in [6.07, 6.45) is -8.22. The average molecular weight is 368 g/mol. The van der Waals surface area contributed by atoms with Gasteiger partial charge >= 0.3 is 12.4 Å². The van der Waals surface area contributed by atoms with Crippen molar-refractivity contribution < 1.29 is 35.5 Å². The van der Waals surface area contributed by atoms with Crippen LogP contribution in [0.5, 0.6) is 5.75 Å². The van der Waals surface area contributed by atoms with Crippen LogP contribution in [0.25, 0.3) is 0 Å². The van der Waals surface area contributed by atoms with Gasteiger partial charge in [0, 0.05) is 0 Å². The molecule has 0 saturated heterocycles. The third-order valence-electron chi connectivity index (χ3n) is 3.19. The molecule has 0 amide bonds. The summed E-state index contributed by atoms with van der Waals surface area (Å²) in [6, 6.07) is 3.04. The van der Waals surface area contributed by atoms with Gasteiger partial charge < -0.3 is 4.74 Å². The highest BCUT2D eigenvalue weighted by atomic mass is 19.4. The Morgan fingerprint density at radius 2 is 1.52 bits per heavy atom. The Kier molecular flexibility index (Phi) is 6.45. The van der Waals surface area contributed by atoms with Gasteiger partial charge in [-0.3, -0.25) is 0 Å². The van der Waals surface area contributed by atoms with Crippen LogP contribution in [0.4, 0.5) is 30.7 Å². The van der Waals surface area contributed by atoms with E-state index in [1.165, 1.54) is 0 Å². The van der Waals surface area contributed by atoms with E-state index in [4.69, 9.17) is 4.74 Å². The number of ether oxygens (including phenoxy) is 1. The molecule has 1 aromatic rings. The zero-order chi connectivity index (χ0) is 19.4. The smallest absolute Gasteiger partial charge is 0.404 e. The van der Waals surface area contributed by atoms with Crippen molar-refractivity contribution in [1.82, 2.24) is 0 Å². The number of benzene rings is 1. The molecular formula is C17H15F7O. The van der Waals surface area contributed by atoms with E-state index in [2.05, 4.69) is 6.58 Å². The second-order valence-corrected chi connectivity index (χ2v) is 5.14. The second kappa shape index (κ2) is 7.76. The number of rotatable bonds is 5. The minimum absolute atomic E-state index is 0.140. The van der Waals surface area contributed by atoms with Crippen LogP contribution in [0.1, 0.15) is 25.3 Å². The topological polar surface area (TPSA) is 9.23 Å². The average Bonchev–Trinajstić information content (AvgIpc) is 2.46. The number of halogens is 7. The highest BCUT2D eigenvalue weighted by molar-refractivity contribution is 5.35. The van der Waals surface area contributed by atoms with Crippen LogP contribution >= 0.6 is 0 Å². The summed E-state index contributed by atoms with van der Waals surface area (Å²) in [5, 5.41) is 0. The standard InChI is InChI=1S/C17H15F7O/c1-4-10(2)9-14(18)11(3)25-13-7-5-12(6-8-13)15(16(19,20)21)17(22,23)24/h4-9,15H,3H2,1-2H3/b10-4-,14-9+. The van der Waals surface area contributed by atoms with Gasteiger partial charge in [-0.1, -0.05) is 30.4 Å². The van der Waals surface area contributed by atoms with Crippen LogP contribution in [0.3, 0.4) is 0 Å². The quantitative estimate of drug-likeness (QED) is 0.323. The molecule has 1 nitrogen and oxygen atoms in total. The van der Waals surface area contributed by atoms with Gasteiger partial charge in [0.15, 0.2) is 17.5 Å². The third kappa shape index (κ3) is 5.95. The van der Waals surface area contributed by atoms with E-state index in [0.29, 0.717) is 17.7 Å². The lowest BCUT2D eigenvalue weighted by Crippen LogP contribution is -2.34. The Morgan fingerprint density at radius 1 is 1.04 bits per heavy atom. The number of hydrogen-bond donors (Lipinski definition) is 0. The number of hydrogen-bond acceptors (Lipinski definition) is 1. The molecule has 1 aromatic carbocycles. The minimum Gasteiger partial charge on any atom is -0.455 e. The van der Waals surface area contributed by atoms with Crippen molar-refractivity contribution >= 4 is 0 Å². The van der Waals surface area contributed by atoms with Gasteiger partial charge in [-0.2, -0.15) is 26.3 Å². The monoisotopic (exact) mass is 368 g/mol. The summed E-state index contributed by atoms with van der Waals surface area (Å²) in [6.45, 7) is 6.62. The molecule has 0 unspecified atom stereocenters. The van der Waals surface area contributed by atoms with Gasteiger partial charge in [-0.15, -0.1) is 0 Å². The largest absolute Gasteiger partial charge is 0.455 e. The highest BCUT2D eigenvalue weighted by Gasteiger charge is 2.57. The van der Waals surface area contributed by atoms with Crippen LogP contribution in [0.2, 0.25) is 0 Å². The molecule has 0 heterocycles. The fraction of sp³-hybridized carbons (Fsp3) is 0.294. The Hall–Kier alpha value is -2.25. The fourth-order valence-electron chi connectivity index (χ4n) is 1.85. The highest BCUT2D eigenvalue weighted by Crippen LogP contribution is 2.46. The molecule has 0 atom stereocenters. The maximum absolute atomic E-state index is 13.7. The maximum atomic E-state index is 13.7. The molecule has 1 rings (SSSR count). The van der Waals surface area contributed by atoms with Crippen molar-refractivity contribution in [3.63, 3.8) is 0 Å². The number of alkyl halides is 6. The lowest BCUT2D eigenvalue weighted by Gasteiger charge is -2.23. The summed E-state index contributed by atoms with van der Waals surface area (Å²) in [4.78, 5) is 0. The summed E-state index contributed by atoms with van der Waals surface area (Å²) in [7, 11) is 0. The molecule has 0 N–H and O–H groups in total. The molecule has 0 aliphatic carbocycles. The summed E-state index contributed by atoms with van der Waals surface area (Å²) in [5.74, 6) is -4.98. The summed E-state index contributed by atoms with van der Waals surface area (Å²) in [5.41, 5.74) is -0.408. The molecule has 8 heteroatoms. The Bertz CT molecular complexity index is 650. The van der Waals surface area contributed by atoms with Crippen LogP contribution < -0.4 is 4.74 Å². The molecule has 0 radical (unpaired) electrons. The molecule has 0 aliphatic rings.